The third-order valence-electron chi connectivity index (χ3n) is 2.57. The van der Waals surface area contributed by atoms with E-state index in [-0.39, 0.29) is 22.9 Å². The van der Waals surface area contributed by atoms with Crippen molar-refractivity contribution in [1.29, 1.82) is 0 Å². The van der Waals surface area contributed by atoms with Gasteiger partial charge in [-0.05, 0) is 31.5 Å². The van der Waals surface area contributed by atoms with Gasteiger partial charge >= 0.3 is 5.97 Å². The van der Waals surface area contributed by atoms with Gasteiger partial charge in [-0.25, -0.2) is 0 Å². The Balaban J connectivity index is 2.58. The van der Waals surface area contributed by atoms with Crippen molar-refractivity contribution in [3.8, 4) is 0 Å². The van der Waals surface area contributed by atoms with E-state index in [0.29, 0.717) is 11.4 Å². The molecule has 3 N–H and O–H groups in total. The summed E-state index contributed by atoms with van der Waals surface area (Å²) >= 11 is 1.23. The second-order valence-corrected chi connectivity index (χ2v) is 5.42. The molecule has 0 saturated heterocycles. The van der Waals surface area contributed by atoms with Gasteiger partial charge < -0.3 is 15.8 Å². The number of amides is 1. The minimum atomic E-state index is -0.347. The maximum absolute atomic E-state index is 12.0. The van der Waals surface area contributed by atoms with Crippen LogP contribution in [0.3, 0.4) is 0 Å². The number of esters is 1. The summed E-state index contributed by atoms with van der Waals surface area (Å²) in [5.41, 5.74) is 7.90. The van der Waals surface area contributed by atoms with Crippen LogP contribution in [0.25, 0.3) is 0 Å². The summed E-state index contributed by atoms with van der Waals surface area (Å²) in [7, 11) is 1.32. The molecule has 0 aromatic heterocycles. The zero-order chi connectivity index (χ0) is 14.4. The summed E-state index contributed by atoms with van der Waals surface area (Å²) in [5, 5.41) is 2.45. The van der Waals surface area contributed by atoms with E-state index in [2.05, 4.69) is 10.1 Å². The van der Waals surface area contributed by atoms with Gasteiger partial charge in [0, 0.05) is 11.4 Å². The Bertz CT molecular complexity index is 477. The maximum Gasteiger partial charge on any atom is 0.315 e. The van der Waals surface area contributed by atoms with Crippen LogP contribution < -0.4 is 11.1 Å². The molecule has 1 aromatic carbocycles. The highest BCUT2D eigenvalue weighted by Crippen LogP contribution is 2.20. The van der Waals surface area contributed by atoms with Crippen LogP contribution in [0.1, 0.15) is 12.5 Å². The Morgan fingerprint density at radius 3 is 2.79 bits per heavy atom. The average molecular weight is 282 g/mol. The molecule has 0 aliphatic heterocycles. The summed E-state index contributed by atoms with van der Waals surface area (Å²) in [5.74, 6) is -0.353. The van der Waals surface area contributed by atoms with E-state index in [9.17, 15) is 9.59 Å². The number of ether oxygens (including phenoxy) is 1. The van der Waals surface area contributed by atoms with Crippen LogP contribution in [-0.2, 0) is 14.3 Å². The van der Waals surface area contributed by atoms with Gasteiger partial charge in [-0.3, -0.25) is 9.59 Å². The highest BCUT2D eigenvalue weighted by atomic mass is 32.2. The van der Waals surface area contributed by atoms with E-state index in [1.165, 1.54) is 18.9 Å². The molecule has 1 atom stereocenters. The molecular formula is C13H18N2O3S. The number of benzene rings is 1. The molecule has 1 unspecified atom stereocenters. The summed E-state index contributed by atoms with van der Waals surface area (Å²) in [4.78, 5) is 23.0. The van der Waals surface area contributed by atoms with E-state index in [4.69, 9.17) is 5.73 Å². The topological polar surface area (TPSA) is 81.4 Å². The number of nitrogen functional groups attached to an aromatic ring is 1. The fourth-order valence-electron chi connectivity index (χ4n) is 1.34. The normalized spacial score (nSPS) is 11.7. The Morgan fingerprint density at radius 1 is 1.47 bits per heavy atom. The zero-order valence-electron chi connectivity index (χ0n) is 11.2. The third-order valence-corrected chi connectivity index (χ3v) is 3.68. The second kappa shape index (κ2) is 7.04. The van der Waals surface area contributed by atoms with Gasteiger partial charge in [0.1, 0.15) is 0 Å². The summed E-state index contributed by atoms with van der Waals surface area (Å²) < 4.78 is 4.53. The lowest BCUT2D eigenvalue weighted by molar-refractivity contribution is -0.137. The average Bonchev–Trinajstić information content (AvgIpc) is 2.39. The molecule has 5 nitrogen and oxygen atoms in total. The van der Waals surface area contributed by atoms with E-state index >= 15 is 0 Å². The zero-order valence-corrected chi connectivity index (χ0v) is 12.0. The van der Waals surface area contributed by atoms with Crippen molar-refractivity contribution in [2.75, 3.05) is 23.9 Å². The number of hydrogen-bond acceptors (Lipinski definition) is 5. The van der Waals surface area contributed by atoms with Gasteiger partial charge in [-0.15, -0.1) is 11.8 Å². The molecule has 0 aliphatic rings. The van der Waals surface area contributed by atoms with Gasteiger partial charge in [0.15, 0.2) is 0 Å². The minimum Gasteiger partial charge on any atom is -0.468 e. The highest BCUT2D eigenvalue weighted by molar-refractivity contribution is 8.01. The first-order valence-electron chi connectivity index (χ1n) is 5.79. The van der Waals surface area contributed by atoms with Gasteiger partial charge in [-0.1, -0.05) is 6.07 Å². The number of carbonyl (C=O) groups excluding carboxylic acids is 2. The van der Waals surface area contributed by atoms with Crippen molar-refractivity contribution < 1.29 is 14.3 Å². The van der Waals surface area contributed by atoms with Crippen molar-refractivity contribution in [2.45, 2.75) is 19.1 Å². The number of rotatable bonds is 5. The molecule has 0 bridgehead atoms. The Kier molecular flexibility index (Phi) is 5.69. The monoisotopic (exact) mass is 282 g/mol. The van der Waals surface area contributed by atoms with E-state index in [1.54, 1.807) is 19.1 Å². The quantitative estimate of drug-likeness (QED) is 0.636. The Hall–Kier alpha value is -1.69. The van der Waals surface area contributed by atoms with Crippen molar-refractivity contribution in [3.63, 3.8) is 0 Å². The standard InChI is InChI=1S/C13H18N2O3S/c1-8-4-5-10(14)6-11(8)15-13(17)9(2)19-7-12(16)18-3/h4-6,9H,7,14H2,1-3H3,(H,15,17). The first-order valence-corrected chi connectivity index (χ1v) is 6.84. The molecule has 0 radical (unpaired) electrons. The summed E-state index contributed by atoms with van der Waals surface area (Å²) in [6.07, 6.45) is 0. The van der Waals surface area contributed by atoms with Gasteiger partial charge in [0.05, 0.1) is 18.1 Å². The molecule has 0 saturated carbocycles. The highest BCUT2D eigenvalue weighted by Gasteiger charge is 2.16. The smallest absolute Gasteiger partial charge is 0.315 e. The molecule has 1 amide bonds. The molecule has 0 aliphatic carbocycles. The van der Waals surface area contributed by atoms with Crippen LogP contribution in [0.5, 0.6) is 0 Å². The number of aryl methyl sites for hydroxylation is 1. The van der Waals surface area contributed by atoms with Gasteiger partial charge in [0.25, 0.3) is 0 Å². The number of thioether (sulfide) groups is 1. The number of nitrogens with two attached hydrogens (primary N) is 1. The third kappa shape index (κ3) is 4.82. The van der Waals surface area contributed by atoms with E-state index in [1.807, 2.05) is 13.0 Å². The SMILES string of the molecule is COC(=O)CSC(C)C(=O)Nc1cc(N)ccc1C. The summed E-state index contributed by atoms with van der Waals surface area (Å²) in [6.45, 7) is 3.63. The van der Waals surface area contributed by atoms with Crippen LogP contribution in [0, 0.1) is 6.92 Å². The molecule has 1 aromatic rings. The van der Waals surface area contributed by atoms with Gasteiger partial charge in [0.2, 0.25) is 5.91 Å². The van der Waals surface area contributed by atoms with Crippen molar-refractivity contribution in [1.82, 2.24) is 0 Å². The van der Waals surface area contributed by atoms with E-state index < -0.39 is 0 Å². The molecule has 19 heavy (non-hydrogen) atoms. The van der Waals surface area contributed by atoms with Gasteiger partial charge in [-0.2, -0.15) is 0 Å². The molecule has 6 heteroatoms. The largest absolute Gasteiger partial charge is 0.468 e. The van der Waals surface area contributed by atoms with Crippen LogP contribution in [0.4, 0.5) is 11.4 Å². The van der Waals surface area contributed by atoms with Crippen LogP contribution in [-0.4, -0.2) is 30.0 Å². The van der Waals surface area contributed by atoms with Crippen molar-refractivity contribution in [3.05, 3.63) is 23.8 Å². The molecule has 0 heterocycles. The van der Waals surface area contributed by atoms with Crippen molar-refractivity contribution in [2.24, 2.45) is 0 Å². The Labute approximate surface area is 116 Å². The number of nitrogens with one attached hydrogen (secondary N) is 1. The first-order chi connectivity index (χ1) is 8.93. The molecular weight excluding hydrogens is 264 g/mol. The predicted octanol–water partition coefficient (Wildman–Crippen LogP) is 1.81. The van der Waals surface area contributed by atoms with E-state index in [0.717, 1.165) is 5.56 Å². The number of methoxy groups -OCH3 is 1. The Morgan fingerprint density at radius 2 is 2.16 bits per heavy atom. The molecule has 1 rings (SSSR count). The number of carbonyl (C=O) groups is 2. The van der Waals surface area contributed by atoms with Crippen LogP contribution >= 0.6 is 11.8 Å². The maximum atomic E-state index is 12.0. The molecule has 0 fully saturated rings. The number of anilines is 2. The van der Waals surface area contributed by atoms with Crippen LogP contribution in [0.2, 0.25) is 0 Å². The fraction of sp³-hybridized carbons (Fsp3) is 0.385. The first kappa shape index (κ1) is 15.4. The fourth-order valence-corrected chi connectivity index (χ4v) is 2.05. The predicted molar refractivity (Wildman–Crippen MR) is 78.2 cm³/mol. The number of hydrogen-bond donors (Lipinski definition) is 2. The summed E-state index contributed by atoms with van der Waals surface area (Å²) in [6, 6.07) is 5.34. The minimum absolute atomic E-state index is 0.154. The molecule has 0 spiro atoms. The lowest BCUT2D eigenvalue weighted by Gasteiger charge is -2.13. The second-order valence-electron chi connectivity index (χ2n) is 4.09. The van der Waals surface area contributed by atoms with Crippen molar-refractivity contribution >= 4 is 35.0 Å². The molecule has 104 valence electrons. The van der Waals surface area contributed by atoms with Crippen LogP contribution in [0.15, 0.2) is 18.2 Å². The lowest BCUT2D eigenvalue weighted by Crippen LogP contribution is -2.24. The lowest BCUT2D eigenvalue weighted by atomic mass is 10.2.